The minimum absolute atomic E-state index is 0.295. The summed E-state index contributed by atoms with van der Waals surface area (Å²) < 4.78 is 7.14. The molecule has 0 spiro atoms. The first-order valence-corrected chi connectivity index (χ1v) is 17.5. The second-order valence-electron chi connectivity index (χ2n) is 12.3. The number of fused-ring (bicyclic) bond motifs is 1. The van der Waals surface area contributed by atoms with E-state index in [1.165, 1.54) is 21.1 Å². The number of nitrogens with zero attached hydrogens (tertiary/aromatic N) is 4. The minimum Gasteiger partial charge on any atom is -0.465 e. The van der Waals surface area contributed by atoms with Crippen LogP contribution in [0.4, 0.5) is 21.1 Å². The Bertz CT molecular complexity index is 1830. The van der Waals surface area contributed by atoms with Gasteiger partial charge in [-0.15, -0.1) is 0 Å². The molecule has 2 aromatic heterocycles. The standard InChI is InChI=1S/C35H39N7O7S/c1-2-3-19-49-35(48)42-18-8-12-26(42)31(44)37-28-21-40-20-27(50-33(40)38-28)22-13-15-24(16-14-22)36-30(43)25-11-7-17-41(25)32(45)29(39-34(46)47)23-9-5-4-6-10-23/h4-6,9-10,13-16,20-21,25-26,29,39H,2-3,7-8,11-12,17-19H2,1H3,(H,36,43)(H,37,44)(H,46,47)/t25-,26-,29+/m0/s1. The molecule has 3 atom stereocenters. The molecule has 0 aliphatic carbocycles. The van der Waals surface area contributed by atoms with Crippen LogP contribution in [0.2, 0.25) is 0 Å². The molecule has 2 aliphatic heterocycles. The fourth-order valence-electron chi connectivity index (χ4n) is 6.31. The number of carboxylic acid groups (broad SMARTS) is 1. The van der Waals surface area contributed by atoms with Crippen molar-refractivity contribution in [2.24, 2.45) is 0 Å². The molecule has 262 valence electrons. The van der Waals surface area contributed by atoms with Crippen molar-refractivity contribution >= 4 is 57.7 Å². The van der Waals surface area contributed by atoms with Crippen LogP contribution in [0.3, 0.4) is 0 Å². The number of imidazole rings is 1. The molecule has 4 heterocycles. The third-order valence-corrected chi connectivity index (χ3v) is 9.89. The first kappa shape index (κ1) is 34.4. The molecule has 6 rings (SSSR count). The predicted molar refractivity (Wildman–Crippen MR) is 187 cm³/mol. The van der Waals surface area contributed by atoms with Gasteiger partial charge in [-0.1, -0.05) is 67.1 Å². The first-order valence-electron chi connectivity index (χ1n) is 16.7. The van der Waals surface area contributed by atoms with Crippen LogP contribution in [0.15, 0.2) is 67.0 Å². The van der Waals surface area contributed by atoms with Crippen LogP contribution in [0.25, 0.3) is 15.4 Å². The first-order chi connectivity index (χ1) is 24.2. The van der Waals surface area contributed by atoms with Crippen molar-refractivity contribution in [3.05, 3.63) is 72.6 Å². The molecule has 0 bridgehead atoms. The Hall–Kier alpha value is -5.44. The zero-order valence-electron chi connectivity index (χ0n) is 27.5. The van der Waals surface area contributed by atoms with E-state index < -0.39 is 36.2 Å². The second kappa shape index (κ2) is 15.4. The maximum Gasteiger partial charge on any atom is 0.410 e. The second-order valence-corrected chi connectivity index (χ2v) is 13.3. The van der Waals surface area contributed by atoms with Crippen LogP contribution in [0, 0.1) is 0 Å². The molecule has 2 aromatic carbocycles. The van der Waals surface area contributed by atoms with Gasteiger partial charge < -0.3 is 30.7 Å². The lowest BCUT2D eigenvalue weighted by Gasteiger charge is -2.28. The maximum absolute atomic E-state index is 13.5. The zero-order valence-corrected chi connectivity index (χ0v) is 28.4. The number of hydrogen-bond donors (Lipinski definition) is 4. The zero-order chi connectivity index (χ0) is 35.2. The monoisotopic (exact) mass is 701 g/mol. The molecule has 50 heavy (non-hydrogen) atoms. The average Bonchev–Trinajstić information content (AvgIpc) is 3.92. The molecular formula is C35H39N7O7S. The molecular weight excluding hydrogens is 662 g/mol. The fraction of sp³-hybridized carbons (Fsp3) is 0.371. The number of carbonyl (C=O) groups is 5. The Morgan fingerprint density at radius 1 is 0.920 bits per heavy atom. The Labute approximate surface area is 292 Å². The van der Waals surface area contributed by atoms with Crippen LogP contribution < -0.4 is 16.0 Å². The predicted octanol–water partition coefficient (Wildman–Crippen LogP) is 5.34. The maximum atomic E-state index is 13.5. The summed E-state index contributed by atoms with van der Waals surface area (Å²) >= 11 is 1.43. The lowest BCUT2D eigenvalue weighted by atomic mass is 10.0. The SMILES string of the molecule is CCCCOC(=O)N1CCC[C@H]1C(=O)Nc1cn2cc(-c3ccc(NC(=O)[C@@H]4CCCN4C(=O)[C@H](NC(=O)O)c4ccccc4)cc3)sc2n1. The smallest absolute Gasteiger partial charge is 0.410 e. The highest BCUT2D eigenvalue weighted by atomic mass is 32.1. The van der Waals surface area contributed by atoms with Crippen molar-refractivity contribution in [3.8, 4) is 10.4 Å². The summed E-state index contributed by atoms with van der Waals surface area (Å²) in [5.41, 5.74) is 1.96. The van der Waals surface area contributed by atoms with Crippen molar-refractivity contribution in [2.75, 3.05) is 30.3 Å². The van der Waals surface area contributed by atoms with Gasteiger partial charge in [0.15, 0.2) is 10.8 Å². The van der Waals surface area contributed by atoms with Gasteiger partial charge in [0.1, 0.15) is 18.1 Å². The van der Waals surface area contributed by atoms with Crippen LogP contribution in [0.5, 0.6) is 0 Å². The Morgan fingerprint density at radius 2 is 1.60 bits per heavy atom. The highest BCUT2D eigenvalue weighted by molar-refractivity contribution is 7.20. The van der Waals surface area contributed by atoms with E-state index in [0.29, 0.717) is 61.0 Å². The van der Waals surface area contributed by atoms with E-state index in [0.717, 1.165) is 29.7 Å². The van der Waals surface area contributed by atoms with E-state index in [1.54, 1.807) is 48.7 Å². The van der Waals surface area contributed by atoms with Gasteiger partial charge >= 0.3 is 12.2 Å². The number of carbonyl (C=O) groups excluding carboxylic acids is 4. The van der Waals surface area contributed by atoms with E-state index in [2.05, 4.69) is 20.9 Å². The number of amides is 5. The molecule has 15 heteroatoms. The normalized spacial score (nSPS) is 17.8. The van der Waals surface area contributed by atoms with E-state index >= 15 is 0 Å². The minimum atomic E-state index is -1.33. The number of likely N-dealkylation sites (tertiary alicyclic amines) is 2. The number of hydrogen-bond acceptors (Lipinski definition) is 8. The molecule has 4 aromatic rings. The number of thiazole rings is 1. The summed E-state index contributed by atoms with van der Waals surface area (Å²) in [6.07, 6.45) is 5.91. The third-order valence-electron chi connectivity index (χ3n) is 8.84. The molecule has 0 unspecified atom stereocenters. The molecule has 2 aliphatic rings. The van der Waals surface area contributed by atoms with Crippen molar-refractivity contribution in [1.29, 1.82) is 0 Å². The van der Waals surface area contributed by atoms with Gasteiger partial charge in [0.25, 0.3) is 5.91 Å². The molecule has 14 nitrogen and oxygen atoms in total. The Balaban J connectivity index is 1.06. The summed E-state index contributed by atoms with van der Waals surface area (Å²) in [6.45, 7) is 3.18. The summed E-state index contributed by atoms with van der Waals surface area (Å²) in [6, 6.07) is 13.4. The van der Waals surface area contributed by atoms with Gasteiger partial charge in [0, 0.05) is 25.0 Å². The van der Waals surface area contributed by atoms with Crippen LogP contribution in [-0.2, 0) is 19.1 Å². The summed E-state index contributed by atoms with van der Waals surface area (Å²) in [5, 5.41) is 17.4. The summed E-state index contributed by atoms with van der Waals surface area (Å²) in [7, 11) is 0. The van der Waals surface area contributed by atoms with Crippen LogP contribution >= 0.6 is 11.3 Å². The van der Waals surface area contributed by atoms with Gasteiger partial charge in [-0.25, -0.2) is 14.6 Å². The average molecular weight is 702 g/mol. The highest BCUT2D eigenvalue weighted by Crippen LogP contribution is 2.31. The van der Waals surface area contributed by atoms with E-state index in [-0.39, 0.29) is 11.8 Å². The fourth-order valence-corrected chi connectivity index (χ4v) is 7.28. The van der Waals surface area contributed by atoms with Gasteiger partial charge in [0.05, 0.1) is 17.7 Å². The number of anilines is 2. The van der Waals surface area contributed by atoms with E-state index in [4.69, 9.17) is 4.74 Å². The van der Waals surface area contributed by atoms with E-state index in [9.17, 15) is 29.1 Å². The van der Waals surface area contributed by atoms with Crippen molar-refractivity contribution in [3.63, 3.8) is 0 Å². The molecule has 2 fully saturated rings. The van der Waals surface area contributed by atoms with Crippen molar-refractivity contribution in [2.45, 2.75) is 63.6 Å². The summed E-state index contributed by atoms with van der Waals surface area (Å²) in [5.74, 6) is -0.717. The molecule has 2 saturated heterocycles. The number of benzene rings is 2. The third kappa shape index (κ3) is 7.72. The Kier molecular flexibility index (Phi) is 10.6. The molecule has 4 N–H and O–H groups in total. The van der Waals surface area contributed by atoms with Gasteiger partial charge in [-0.05, 0) is 55.4 Å². The lowest BCUT2D eigenvalue weighted by Crippen LogP contribution is -2.48. The molecule has 5 amide bonds. The Morgan fingerprint density at radius 3 is 2.28 bits per heavy atom. The summed E-state index contributed by atoms with van der Waals surface area (Å²) in [4.78, 5) is 72.9. The quantitative estimate of drug-likeness (QED) is 0.152. The van der Waals surface area contributed by atoms with Crippen LogP contribution in [-0.4, -0.2) is 86.0 Å². The van der Waals surface area contributed by atoms with Crippen molar-refractivity contribution in [1.82, 2.24) is 24.5 Å². The number of ether oxygens (including phenoxy) is 1. The number of aromatic nitrogens is 2. The number of nitrogens with one attached hydrogen (secondary N) is 3. The topological polar surface area (TPSA) is 175 Å². The number of unbranched alkanes of at least 4 members (excludes halogenated alkanes) is 1. The van der Waals surface area contributed by atoms with Crippen LogP contribution in [0.1, 0.15) is 57.1 Å². The van der Waals surface area contributed by atoms with Gasteiger partial charge in [-0.3, -0.25) is 23.7 Å². The lowest BCUT2D eigenvalue weighted by molar-refractivity contribution is -0.138. The highest BCUT2D eigenvalue weighted by Gasteiger charge is 2.38. The molecule has 0 saturated carbocycles. The number of rotatable bonds is 11. The van der Waals surface area contributed by atoms with E-state index in [1.807, 2.05) is 29.7 Å². The molecule has 0 radical (unpaired) electrons. The van der Waals surface area contributed by atoms with Gasteiger partial charge in [0.2, 0.25) is 11.8 Å². The van der Waals surface area contributed by atoms with Gasteiger partial charge in [-0.2, -0.15) is 0 Å². The largest absolute Gasteiger partial charge is 0.465 e. The van der Waals surface area contributed by atoms with Crippen molar-refractivity contribution < 1.29 is 33.8 Å².